The number of allylic oxidation sites excluding steroid dienone is 2. The van der Waals surface area contributed by atoms with Gasteiger partial charge in [0.15, 0.2) is 0 Å². The van der Waals surface area contributed by atoms with Crippen LogP contribution in [-0.2, 0) is 17.4 Å². The van der Waals surface area contributed by atoms with Crippen LogP contribution in [0.5, 0.6) is 0 Å². The molecule has 0 spiro atoms. The molecule has 0 bridgehead atoms. The van der Waals surface area contributed by atoms with Gasteiger partial charge in [-0.2, -0.15) is 0 Å². The Morgan fingerprint density at radius 1 is 1.13 bits per heavy atom. The highest BCUT2D eigenvalue weighted by Crippen LogP contribution is 2.46. The van der Waals surface area contributed by atoms with E-state index >= 15 is 0 Å². The van der Waals surface area contributed by atoms with E-state index in [0.29, 0.717) is 0 Å². The molecule has 0 atom stereocenters. The molecule has 2 aromatic rings. The quantitative estimate of drug-likeness (QED) is 0.748. The van der Waals surface area contributed by atoms with Crippen molar-refractivity contribution in [1.82, 2.24) is 9.55 Å². The molecule has 1 aliphatic carbocycles. The topological polar surface area (TPSA) is 17.8 Å². The van der Waals surface area contributed by atoms with E-state index in [-0.39, 0.29) is 10.8 Å². The minimum atomic E-state index is 0.269. The summed E-state index contributed by atoms with van der Waals surface area (Å²) < 4.78 is 2.09. The highest BCUT2D eigenvalue weighted by Gasteiger charge is 2.36. The molecule has 0 N–H and O–H groups in total. The standard InChI is InChI=1S/C21H28N2/c1-16(8-12-23-13-11-22-15-23)17-6-7-18-19(14-17)21(4,5)10-9-20(18,2)3/h6-8,11,13-15H,9-10,12H2,1-5H3/b16-8+. The molecule has 0 aliphatic heterocycles. The maximum Gasteiger partial charge on any atom is 0.0948 e. The van der Waals surface area contributed by atoms with Gasteiger partial charge in [-0.05, 0) is 52.9 Å². The van der Waals surface area contributed by atoms with Crippen molar-refractivity contribution in [3.63, 3.8) is 0 Å². The highest BCUT2D eigenvalue weighted by atomic mass is 15.0. The van der Waals surface area contributed by atoms with E-state index in [0.717, 1.165) is 6.54 Å². The Kier molecular flexibility index (Phi) is 3.95. The maximum absolute atomic E-state index is 4.10. The third kappa shape index (κ3) is 3.12. The van der Waals surface area contributed by atoms with Crippen molar-refractivity contribution in [2.24, 2.45) is 0 Å². The molecule has 3 rings (SSSR count). The van der Waals surface area contributed by atoms with E-state index in [4.69, 9.17) is 0 Å². The van der Waals surface area contributed by atoms with Crippen molar-refractivity contribution >= 4 is 5.57 Å². The average molecular weight is 308 g/mol. The third-order valence-electron chi connectivity index (χ3n) is 5.48. The summed E-state index contributed by atoms with van der Waals surface area (Å²) >= 11 is 0. The number of benzene rings is 1. The van der Waals surface area contributed by atoms with E-state index in [9.17, 15) is 0 Å². The van der Waals surface area contributed by atoms with Gasteiger partial charge in [0.2, 0.25) is 0 Å². The molecule has 122 valence electrons. The van der Waals surface area contributed by atoms with E-state index in [1.165, 1.54) is 35.1 Å². The second kappa shape index (κ2) is 5.67. The van der Waals surface area contributed by atoms with Crippen molar-refractivity contribution in [1.29, 1.82) is 0 Å². The molecule has 0 amide bonds. The van der Waals surface area contributed by atoms with Gasteiger partial charge in [-0.15, -0.1) is 0 Å². The molecule has 1 heterocycles. The first-order valence-corrected chi connectivity index (χ1v) is 8.57. The fraction of sp³-hybridized carbons (Fsp3) is 0.476. The summed E-state index contributed by atoms with van der Waals surface area (Å²) in [5.41, 5.74) is 6.29. The van der Waals surface area contributed by atoms with Gasteiger partial charge < -0.3 is 4.57 Å². The van der Waals surface area contributed by atoms with Gasteiger partial charge in [0.05, 0.1) is 6.33 Å². The first-order chi connectivity index (χ1) is 10.8. The first-order valence-electron chi connectivity index (χ1n) is 8.57. The Hall–Kier alpha value is -1.83. The lowest BCUT2D eigenvalue weighted by Crippen LogP contribution is -2.33. The zero-order valence-corrected chi connectivity index (χ0v) is 15.1. The van der Waals surface area contributed by atoms with Crippen LogP contribution >= 0.6 is 0 Å². The second-order valence-corrected chi connectivity index (χ2v) is 8.17. The Morgan fingerprint density at radius 3 is 2.48 bits per heavy atom. The SMILES string of the molecule is C/C(=C\Cn1ccnc1)c1ccc2c(c1)C(C)(C)CCC2(C)C. The monoisotopic (exact) mass is 308 g/mol. The fourth-order valence-corrected chi connectivity index (χ4v) is 3.59. The summed E-state index contributed by atoms with van der Waals surface area (Å²) in [4.78, 5) is 4.10. The van der Waals surface area contributed by atoms with Crippen molar-refractivity contribution < 1.29 is 0 Å². The van der Waals surface area contributed by atoms with E-state index in [1.807, 2.05) is 18.7 Å². The van der Waals surface area contributed by atoms with Crippen LogP contribution in [0.15, 0.2) is 43.0 Å². The maximum atomic E-state index is 4.10. The Balaban J connectivity index is 1.95. The summed E-state index contributed by atoms with van der Waals surface area (Å²) in [6.07, 6.45) is 10.5. The van der Waals surface area contributed by atoms with Crippen LogP contribution in [-0.4, -0.2) is 9.55 Å². The molecule has 1 aromatic carbocycles. The van der Waals surface area contributed by atoms with E-state index < -0.39 is 0 Å². The zero-order valence-electron chi connectivity index (χ0n) is 15.1. The summed E-state index contributed by atoms with van der Waals surface area (Å²) in [6.45, 7) is 12.6. The number of aromatic nitrogens is 2. The molecular formula is C21H28N2. The van der Waals surface area contributed by atoms with Crippen LogP contribution in [0.3, 0.4) is 0 Å². The van der Waals surface area contributed by atoms with Gasteiger partial charge in [-0.3, -0.25) is 0 Å². The van der Waals surface area contributed by atoms with Crippen LogP contribution < -0.4 is 0 Å². The van der Waals surface area contributed by atoms with Gasteiger partial charge >= 0.3 is 0 Å². The summed E-state index contributed by atoms with van der Waals surface area (Å²) in [5, 5.41) is 0. The number of hydrogen-bond acceptors (Lipinski definition) is 1. The molecule has 1 aliphatic rings. The third-order valence-corrected chi connectivity index (χ3v) is 5.48. The van der Waals surface area contributed by atoms with Gasteiger partial charge in [-0.25, -0.2) is 4.98 Å². The normalized spacial score (nSPS) is 19.4. The zero-order chi connectivity index (χ0) is 16.7. The molecule has 1 aromatic heterocycles. The van der Waals surface area contributed by atoms with Crippen molar-refractivity contribution in [3.05, 3.63) is 59.7 Å². The number of fused-ring (bicyclic) bond motifs is 1. The van der Waals surface area contributed by atoms with Crippen LogP contribution in [0.4, 0.5) is 0 Å². The summed E-state index contributed by atoms with van der Waals surface area (Å²) in [5.74, 6) is 0. The van der Waals surface area contributed by atoms with Gasteiger partial charge in [0, 0.05) is 18.9 Å². The van der Waals surface area contributed by atoms with Crippen LogP contribution in [0.2, 0.25) is 0 Å². The van der Waals surface area contributed by atoms with Crippen molar-refractivity contribution in [2.75, 3.05) is 0 Å². The first kappa shape index (κ1) is 16.0. The van der Waals surface area contributed by atoms with E-state index in [2.05, 4.69) is 68.4 Å². The molecule has 0 unspecified atom stereocenters. The molecule has 23 heavy (non-hydrogen) atoms. The smallest absolute Gasteiger partial charge is 0.0948 e. The average Bonchev–Trinajstić information content (AvgIpc) is 3.03. The Bertz CT molecular complexity index is 718. The van der Waals surface area contributed by atoms with Crippen molar-refractivity contribution in [3.8, 4) is 0 Å². The predicted molar refractivity (Wildman–Crippen MR) is 97.6 cm³/mol. The van der Waals surface area contributed by atoms with Crippen LogP contribution in [0.1, 0.15) is 64.2 Å². The van der Waals surface area contributed by atoms with Crippen LogP contribution in [0, 0.1) is 0 Å². The minimum Gasteiger partial charge on any atom is -0.334 e. The predicted octanol–water partition coefficient (Wildman–Crippen LogP) is 5.34. The van der Waals surface area contributed by atoms with Gasteiger partial charge in [-0.1, -0.05) is 52.0 Å². The number of rotatable bonds is 3. The molecule has 0 saturated heterocycles. The molecule has 0 fully saturated rings. The summed E-state index contributed by atoms with van der Waals surface area (Å²) in [7, 11) is 0. The lowest BCUT2D eigenvalue weighted by atomic mass is 9.63. The lowest BCUT2D eigenvalue weighted by Gasteiger charge is -2.42. The molecular weight excluding hydrogens is 280 g/mol. The highest BCUT2D eigenvalue weighted by molar-refractivity contribution is 5.65. The van der Waals surface area contributed by atoms with Gasteiger partial charge in [0.25, 0.3) is 0 Å². The molecule has 0 saturated carbocycles. The molecule has 0 radical (unpaired) electrons. The number of imidazole rings is 1. The van der Waals surface area contributed by atoms with Crippen LogP contribution in [0.25, 0.3) is 5.57 Å². The Morgan fingerprint density at radius 2 is 1.83 bits per heavy atom. The number of nitrogens with zero attached hydrogens (tertiary/aromatic N) is 2. The second-order valence-electron chi connectivity index (χ2n) is 8.17. The summed E-state index contributed by atoms with van der Waals surface area (Å²) in [6, 6.07) is 7.08. The van der Waals surface area contributed by atoms with Crippen molar-refractivity contribution in [2.45, 2.75) is 64.8 Å². The molecule has 2 heteroatoms. The Labute approximate surface area is 140 Å². The molecule has 2 nitrogen and oxygen atoms in total. The largest absolute Gasteiger partial charge is 0.334 e. The fourth-order valence-electron chi connectivity index (χ4n) is 3.59. The lowest BCUT2D eigenvalue weighted by molar-refractivity contribution is 0.332. The van der Waals surface area contributed by atoms with Gasteiger partial charge in [0.1, 0.15) is 0 Å². The van der Waals surface area contributed by atoms with E-state index in [1.54, 1.807) is 0 Å². The number of hydrogen-bond donors (Lipinski definition) is 0. The minimum absolute atomic E-state index is 0.269.